The number of hydrogen-bond acceptors (Lipinski definition) is 2. The van der Waals surface area contributed by atoms with Gasteiger partial charge in [-0.05, 0) is 42.3 Å². The second kappa shape index (κ2) is 6.88. The van der Waals surface area contributed by atoms with Crippen LogP contribution in [0.5, 0.6) is 0 Å². The van der Waals surface area contributed by atoms with E-state index in [9.17, 15) is 18.7 Å². The first-order valence-electron chi connectivity index (χ1n) is 8.94. The van der Waals surface area contributed by atoms with Crippen molar-refractivity contribution in [3.63, 3.8) is 0 Å². The Hall–Kier alpha value is -3.41. The van der Waals surface area contributed by atoms with Crippen molar-refractivity contribution in [2.75, 3.05) is 0 Å². The van der Waals surface area contributed by atoms with E-state index in [2.05, 4.69) is 4.99 Å². The van der Waals surface area contributed by atoms with Crippen LogP contribution in [0.4, 0.5) is 13.2 Å². The molecule has 0 spiro atoms. The van der Waals surface area contributed by atoms with E-state index in [0.717, 1.165) is 19.1 Å². The first-order valence-corrected chi connectivity index (χ1v) is 8.94. The van der Waals surface area contributed by atoms with Gasteiger partial charge in [0.15, 0.2) is 5.67 Å². The van der Waals surface area contributed by atoms with Gasteiger partial charge in [-0.25, -0.2) is 18.0 Å². The lowest BCUT2D eigenvalue weighted by Gasteiger charge is -2.31. The number of carbonyl (C=O) groups is 1. The lowest BCUT2D eigenvalue weighted by molar-refractivity contribution is -0.131. The Morgan fingerprint density at radius 2 is 1.72 bits per heavy atom. The molecule has 2 unspecified atom stereocenters. The van der Waals surface area contributed by atoms with Crippen LogP contribution < -0.4 is 10.6 Å². The summed E-state index contributed by atoms with van der Waals surface area (Å²) in [4.78, 5) is 16.2. The highest BCUT2D eigenvalue weighted by Crippen LogP contribution is 2.40. The highest BCUT2D eigenvalue weighted by Gasteiger charge is 2.45. The van der Waals surface area contributed by atoms with Crippen molar-refractivity contribution in [3.8, 4) is 11.1 Å². The lowest BCUT2D eigenvalue weighted by Crippen LogP contribution is -2.46. The molecule has 1 heterocycles. The Morgan fingerprint density at radius 3 is 2.38 bits per heavy atom. The van der Waals surface area contributed by atoms with Crippen molar-refractivity contribution < 1.29 is 23.1 Å². The van der Waals surface area contributed by atoms with Crippen LogP contribution in [0.3, 0.4) is 0 Å². The van der Waals surface area contributed by atoms with Gasteiger partial charge in [-0.15, -0.1) is 0 Å². The zero-order valence-electron chi connectivity index (χ0n) is 15.4. The molecule has 29 heavy (non-hydrogen) atoms. The van der Waals surface area contributed by atoms with Gasteiger partial charge in [-0.1, -0.05) is 42.5 Å². The smallest absolute Gasteiger partial charge is 0.335 e. The largest absolute Gasteiger partial charge is 0.478 e. The quantitative estimate of drug-likeness (QED) is 0.730. The minimum atomic E-state index is -2.37. The summed E-state index contributed by atoms with van der Waals surface area (Å²) < 4.78 is 43.4. The fraction of sp³-hybridized carbons (Fsp3) is 0.130. The molecule has 4 rings (SSSR count). The van der Waals surface area contributed by atoms with Crippen molar-refractivity contribution >= 4 is 11.5 Å². The van der Waals surface area contributed by atoms with Gasteiger partial charge in [-0.2, -0.15) is 0 Å². The highest BCUT2D eigenvalue weighted by molar-refractivity contribution is 6.11. The molecule has 2 atom stereocenters. The third kappa shape index (κ3) is 3.20. The zero-order chi connectivity index (χ0) is 20.8. The van der Waals surface area contributed by atoms with E-state index in [-0.39, 0.29) is 16.4 Å². The number of aliphatic carboxylic acids is 1. The van der Waals surface area contributed by atoms with E-state index in [1.54, 1.807) is 42.5 Å². The number of rotatable bonds is 3. The van der Waals surface area contributed by atoms with E-state index < -0.39 is 29.1 Å². The Balaban J connectivity index is 1.85. The molecule has 0 fully saturated rings. The fourth-order valence-corrected chi connectivity index (χ4v) is 3.73. The van der Waals surface area contributed by atoms with Gasteiger partial charge < -0.3 is 5.11 Å². The van der Waals surface area contributed by atoms with Gasteiger partial charge >= 0.3 is 5.97 Å². The van der Waals surface area contributed by atoms with E-state index in [1.165, 1.54) is 12.1 Å². The highest BCUT2D eigenvalue weighted by atomic mass is 19.1. The predicted octanol–water partition coefficient (Wildman–Crippen LogP) is 3.97. The summed E-state index contributed by atoms with van der Waals surface area (Å²) >= 11 is 0. The van der Waals surface area contributed by atoms with Crippen LogP contribution in [-0.2, 0) is 4.79 Å². The lowest BCUT2D eigenvalue weighted by atomic mass is 9.82. The molecule has 0 saturated heterocycles. The van der Waals surface area contributed by atoms with E-state index in [4.69, 9.17) is 0 Å². The minimum Gasteiger partial charge on any atom is -0.478 e. The molecule has 3 aromatic carbocycles. The Kier molecular flexibility index (Phi) is 4.49. The fourth-order valence-electron chi connectivity index (χ4n) is 3.73. The van der Waals surface area contributed by atoms with Crippen molar-refractivity contribution in [1.82, 2.24) is 0 Å². The van der Waals surface area contributed by atoms with Gasteiger partial charge in [-0.3, -0.25) is 4.99 Å². The van der Waals surface area contributed by atoms with Crippen molar-refractivity contribution in [2.24, 2.45) is 4.99 Å². The molecule has 1 aliphatic rings. The van der Waals surface area contributed by atoms with Gasteiger partial charge in [0.1, 0.15) is 17.7 Å². The van der Waals surface area contributed by atoms with Crippen LogP contribution in [0.1, 0.15) is 18.5 Å². The number of alkyl halides is 1. The molecular formula is C23H16F3NO2. The summed E-state index contributed by atoms with van der Waals surface area (Å²) in [5.74, 6) is -2.51. The van der Waals surface area contributed by atoms with Crippen molar-refractivity contribution in [1.29, 1.82) is 0 Å². The van der Waals surface area contributed by atoms with Crippen LogP contribution in [-0.4, -0.2) is 16.7 Å². The first-order chi connectivity index (χ1) is 13.8. The van der Waals surface area contributed by atoms with Crippen LogP contribution in [0.15, 0.2) is 71.7 Å². The molecule has 146 valence electrons. The Bertz CT molecular complexity index is 1230. The van der Waals surface area contributed by atoms with Crippen LogP contribution in [0.25, 0.3) is 16.7 Å². The van der Waals surface area contributed by atoms with E-state index in [1.807, 2.05) is 0 Å². The minimum absolute atomic E-state index is 0.0678. The van der Waals surface area contributed by atoms with Crippen LogP contribution in [0.2, 0.25) is 0 Å². The molecule has 3 aromatic rings. The number of nitrogens with zero attached hydrogens (tertiary/aromatic N) is 1. The summed E-state index contributed by atoms with van der Waals surface area (Å²) in [5, 5.41) is 9.76. The number of hydrogen-bond donors (Lipinski definition) is 1. The molecule has 1 N–H and O–H groups in total. The third-order valence-electron chi connectivity index (χ3n) is 5.12. The average Bonchev–Trinajstić information content (AvgIpc) is 2.67. The Morgan fingerprint density at radius 1 is 1.03 bits per heavy atom. The maximum Gasteiger partial charge on any atom is 0.335 e. The van der Waals surface area contributed by atoms with Crippen molar-refractivity contribution in [3.05, 3.63) is 94.5 Å². The number of carboxylic acids is 1. The third-order valence-corrected chi connectivity index (χ3v) is 5.12. The summed E-state index contributed by atoms with van der Waals surface area (Å²) in [6.07, 6.45) is 0. The second-order valence-corrected chi connectivity index (χ2v) is 7.05. The summed E-state index contributed by atoms with van der Waals surface area (Å²) in [6.45, 7) is 1.13. The summed E-state index contributed by atoms with van der Waals surface area (Å²) in [6, 6.07) is 15.1. The molecule has 1 aliphatic heterocycles. The number of halogens is 3. The van der Waals surface area contributed by atoms with Gasteiger partial charge in [0, 0.05) is 10.8 Å². The SMILES string of the molecule is CC1(F)C(C(=O)O)=c2cc(F)ccc2=NC1c1ccc(-c2ccccc2F)cc1. The second-order valence-electron chi connectivity index (χ2n) is 7.05. The maximum absolute atomic E-state index is 15.7. The predicted molar refractivity (Wildman–Crippen MR) is 102 cm³/mol. The first kappa shape index (κ1) is 18.9. The monoisotopic (exact) mass is 395 g/mol. The van der Waals surface area contributed by atoms with Crippen LogP contribution >= 0.6 is 0 Å². The normalized spacial score (nSPS) is 20.7. The average molecular weight is 395 g/mol. The van der Waals surface area contributed by atoms with Gasteiger partial charge in [0.25, 0.3) is 0 Å². The molecule has 3 nitrogen and oxygen atoms in total. The Labute approximate surface area is 164 Å². The molecule has 0 aromatic heterocycles. The molecule has 0 radical (unpaired) electrons. The van der Waals surface area contributed by atoms with Gasteiger partial charge in [0.05, 0.1) is 10.9 Å². The molecular weight excluding hydrogens is 379 g/mol. The van der Waals surface area contributed by atoms with Crippen LogP contribution in [0, 0.1) is 11.6 Å². The van der Waals surface area contributed by atoms with Crippen molar-refractivity contribution in [2.45, 2.75) is 18.6 Å². The maximum atomic E-state index is 15.7. The topological polar surface area (TPSA) is 49.7 Å². The molecule has 0 bridgehead atoms. The number of benzene rings is 3. The number of carboxylic acid groups (broad SMARTS) is 1. The molecule has 0 saturated carbocycles. The standard InChI is InChI=1S/C23H16F3NO2/c1-23(26)20(22(28)29)17-12-15(24)10-11-19(17)27-21(23)14-8-6-13(7-9-14)16-4-2-3-5-18(16)25/h2-12,21H,1H3,(H,28,29). The molecule has 0 amide bonds. The summed E-state index contributed by atoms with van der Waals surface area (Å²) in [7, 11) is 0. The van der Waals surface area contributed by atoms with Gasteiger partial charge in [0.2, 0.25) is 0 Å². The zero-order valence-corrected chi connectivity index (χ0v) is 15.4. The van der Waals surface area contributed by atoms with E-state index >= 15 is 4.39 Å². The molecule has 0 aliphatic carbocycles. The number of fused-ring (bicyclic) bond motifs is 1. The van der Waals surface area contributed by atoms with E-state index in [0.29, 0.717) is 16.7 Å². The summed E-state index contributed by atoms with van der Waals surface area (Å²) in [5.41, 5.74) is -1.46. The molecule has 6 heteroatoms.